The van der Waals surface area contributed by atoms with E-state index in [1.807, 2.05) is 38.4 Å². The lowest BCUT2D eigenvalue weighted by atomic mass is 10.3. The lowest BCUT2D eigenvalue weighted by Crippen LogP contribution is -2.51. The number of anilines is 1. The van der Waals surface area contributed by atoms with E-state index in [1.165, 1.54) is 11.3 Å². The van der Waals surface area contributed by atoms with E-state index in [9.17, 15) is 4.79 Å². The summed E-state index contributed by atoms with van der Waals surface area (Å²) in [7, 11) is 4.05. The van der Waals surface area contributed by atoms with Gasteiger partial charge in [0.05, 0.1) is 10.2 Å². The van der Waals surface area contributed by atoms with Gasteiger partial charge >= 0.3 is 0 Å². The van der Waals surface area contributed by atoms with E-state index in [4.69, 9.17) is 12.2 Å². The Balaban J connectivity index is 1.71. The van der Waals surface area contributed by atoms with Crippen LogP contribution in [0.25, 0.3) is 10.2 Å². The third-order valence-corrected chi connectivity index (χ3v) is 4.61. The van der Waals surface area contributed by atoms with Gasteiger partial charge in [0.15, 0.2) is 10.2 Å². The smallest absolute Gasteiger partial charge is 0.260 e. The lowest BCUT2D eigenvalue weighted by molar-refractivity contribution is -0.122. The minimum atomic E-state index is -0.440. The second kappa shape index (κ2) is 9.50. The lowest BCUT2D eigenvalue weighted by Gasteiger charge is -2.16. The van der Waals surface area contributed by atoms with E-state index in [0.717, 1.165) is 29.7 Å². The number of thiocarbonyl (C=S) groups is 1. The second-order valence-corrected chi connectivity index (χ2v) is 7.32. The maximum absolute atomic E-state index is 12.1. The van der Waals surface area contributed by atoms with Gasteiger partial charge in [-0.25, -0.2) is 4.98 Å². The van der Waals surface area contributed by atoms with Crippen LogP contribution in [0.15, 0.2) is 24.3 Å². The van der Waals surface area contributed by atoms with Gasteiger partial charge < -0.3 is 15.5 Å². The van der Waals surface area contributed by atoms with Crippen LogP contribution in [0.5, 0.6) is 0 Å². The molecule has 0 aliphatic rings. The standard InChI is InChI=1S/C16H24N6OS2/c1-11(18-16-19-12-7-4-5-8-13(12)25-16)14(23)20-21-15(24)17-9-6-10-22(2)3/h4-5,7-8,11H,6,9-10H2,1-3H3,(H,18,19)(H,20,23)(H2,17,21,24)/t11-/m0/s1. The number of hydrogen-bond acceptors (Lipinski definition) is 6. The number of fused-ring (bicyclic) bond motifs is 1. The Morgan fingerprint density at radius 1 is 1.32 bits per heavy atom. The van der Waals surface area contributed by atoms with Gasteiger partial charge in [0, 0.05) is 6.54 Å². The molecule has 2 rings (SSSR count). The van der Waals surface area contributed by atoms with Gasteiger partial charge in [-0.15, -0.1) is 0 Å². The van der Waals surface area contributed by atoms with E-state index >= 15 is 0 Å². The first-order valence-electron chi connectivity index (χ1n) is 8.06. The van der Waals surface area contributed by atoms with Crippen molar-refractivity contribution in [1.29, 1.82) is 0 Å². The number of nitrogens with zero attached hydrogens (tertiary/aromatic N) is 2. The van der Waals surface area contributed by atoms with Crippen LogP contribution in [0.1, 0.15) is 13.3 Å². The monoisotopic (exact) mass is 380 g/mol. The number of para-hydroxylation sites is 1. The van der Waals surface area contributed by atoms with Gasteiger partial charge in [0.25, 0.3) is 5.91 Å². The molecule has 2 aromatic rings. The summed E-state index contributed by atoms with van der Waals surface area (Å²) >= 11 is 6.65. The molecular formula is C16H24N6OS2. The zero-order chi connectivity index (χ0) is 18.2. The Morgan fingerprint density at radius 2 is 2.08 bits per heavy atom. The Labute approximate surface area is 157 Å². The molecule has 0 radical (unpaired) electrons. The molecule has 0 spiro atoms. The number of aromatic nitrogens is 1. The van der Waals surface area contributed by atoms with E-state index < -0.39 is 6.04 Å². The van der Waals surface area contributed by atoms with Crippen molar-refractivity contribution in [2.24, 2.45) is 0 Å². The Bertz CT molecular complexity index is 684. The van der Waals surface area contributed by atoms with Gasteiger partial charge in [-0.2, -0.15) is 0 Å². The molecule has 0 saturated heterocycles. The number of amides is 1. The minimum absolute atomic E-state index is 0.211. The molecule has 0 unspecified atom stereocenters. The summed E-state index contributed by atoms with van der Waals surface area (Å²) in [6.07, 6.45) is 0.971. The summed E-state index contributed by atoms with van der Waals surface area (Å²) in [5.74, 6) is -0.211. The summed E-state index contributed by atoms with van der Waals surface area (Å²) in [5, 5.41) is 7.27. The third kappa shape index (κ3) is 6.45. The van der Waals surface area contributed by atoms with E-state index in [0.29, 0.717) is 10.2 Å². The van der Waals surface area contributed by atoms with Crippen molar-refractivity contribution in [3.05, 3.63) is 24.3 Å². The number of benzene rings is 1. The quantitative estimate of drug-likeness (QED) is 0.330. The molecule has 4 N–H and O–H groups in total. The van der Waals surface area contributed by atoms with Crippen LogP contribution in [0.2, 0.25) is 0 Å². The van der Waals surface area contributed by atoms with Crippen molar-refractivity contribution in [2.45, 2.75) is 19.4 Å². The first-order valence-corrected chi connectivity index (χ1v) is 9.28. The fourth-order valence-corrected chi connectivity index (χ4v) is 3.16. The molecule has 1 amide bonds. The van der Waals surface area contributed by atoms with Crippen molar-refractivity contribution in [3.8, 4) is 0 Å². The number of hydrazine groups is 1. The van der Waals surface area contributed by atoms with Gasteiger partial charge in [-0.05, 0) is 58.3 Å². The first-order chi connectivity index (χ1) is 12.0. The highest BCUT2D eigenvalue weighted by atomic mass is 32.1. The van der Waals surface area contributed by atoms with Crippen LogP contribution in [0.3, 0.4) is 0 Å². The van der Waals surface area contributed by atoms with Crippen LogP contribution < -0.4 is 21.5 Å². The number of hydrogen-bond donors (Lipinski definition) is 4. The Hall–Kier alpha value is -1.97. The molecule has 0 fully saturated rings. The molecule has 7 nitrogen and oxygen atoms in total. The van der Waals surface area contributed by atoms with E-state index in [2.05, 4.69) is 31.4 Å². The molecule has 0 saturated carbocycles. The normalized spacial score (nSPS) is 12.0. The highest BCUT2D eigenvalue weighted by Crippen LogP contribution is 2.25. The first kappa shape index (κ1) is 19.4. The summed E-state index contributed by atoms with van der Waals surface area (Å²) in [6.45, 7) is 3.50. The largest absolute Gasteiger partial charge is 0.361 e. The highest BCUT2D eigenvalue weighted by Gasteiger charge is 2.14. The maximum atomic E-state index is 12.1. The number of carbonyl (C=O) groups is 1. The van der Waals surface area contributed by atoms with Crippen LogP contribution in [0.4, 0.5) is 5.13 Å². The molecule has 25 heavy (non-hydrogen) atoms. The number of nitrogens with one attached hydrogen (secondary N) is 4. The van der Waals surface area contributed by atoms with Crippen LogP contribution in [0, 0.1) is 0 Å². The third-order valence-electron chi connectivity index (χ3n) is 3.39. The second-order valence-electron chi connectivity index (χ2n) is 5.88. The maximum Gasteiger partial charge on any atom is 0.260 e. The predicted molar refractivity (Wildman–Crippen MR) is 108 cm³/mol. The van der Waals surface area contributed by atoms with Gasteiger partial charge in [-0.3, -0.25) is 15.6 Å². The molecule has 0 bridgehead atoms. The van der Waals surface area contributed by atoms with E-state index in [1.54, 1.807) is 6.92 Å². The summed E-state index contributed by atoms with van der Waals surface area (Å²) < 4.78 is 1.08. The molecule has 1 aromatic carbocycles. The number of carbonyl (C=O) groups excluding carboxylic acids is 1. The molecule has 1 aromatic heterocycles. The van der Waals surface area contributed by atoms with Crippen molar-refractivity contribution in [2.75, 3.05) is 32.5 Å². The fraction of sp³-hybridized carbons (Fsp3) is 0.438. The zero-order valence-electron chi connectivity index (χ0n) is 14.6. The SMILES string of the molecule is C[C@H](Nc1nc2ccccc2s1)C(=O)NNC(=S)NCCCN(C)C. The summed E-state index contributed by atoms with van der Waals surface area (Å²) in [5.41, 5.74) is 6.23. The fourth-order valence-electron chi connectivity index (χ4n) is 2.05. The van der Waals surface area contributed by atoms with Crippen molar-refractivity contribution < 1.29 is 4.79 Å². The van der Waals surface area contributed by atoms with Gasteiger partial charge in [-0.1, -0.05) is 23.5 Å². The zero-order valence-corrected chi connectivity index (χ0v) is 16.3. The molecule has 136 valence electrons. The summed E-state index contributed by atoms with van der Waals surface area (Å²) in [4.78, 5) is 18.7. The average molecular weight is 381 g/mol. The average Bonchev–Trinajstić information content (AvgIpc) is 2.98. The molecule has 9 heteroatoms. The Kier molecular flexibility index (Phi) is 7.35. The molecular weight excluding hydrogens is 356 g/mol. The van der Waals surface area contributed by atoms with Crippen LogP contribution in [-0.4, -0.2) is 54.1 Å². The Morgan fingerprint density at radius 3 is 2.80 bits per heavy atom. The van der Waals surface area contributed by atoms with Crippen molar-refractivity contribution in [3.63, 3.8) is 0 Å². The number of rotatable bonds is 7. The molecule has 0 aliphatic carbocycles. The molecule has 1 atom stereocenters. The molecule has 0 aliphatic heterocycles. The molecule has 1 heterocycles. The highest BCUT2D eigenvalue weighted by molar-refractivity contribution is 7.80. The van der Waals surface area contributed by atoms with Crippen LogP contribution >= 0.6 is 23.6 Å². The topological polar surface area (TPSA) is 81.3 Å². The van der Waals surface area contributed by atoms with Crippen LogP contribution in [-0.2, 0) is 4.79 Å². The van der Waals surface area contributed by atoms with Crippen molar-refractivity contribution in [1.82, 2.24) is 26.1 Å². The summed E-state index contributed by atoms with van der Waals surface area (Å²) in [6, 6.07) is 7.42. The van der Waals surface area contributed by atoms with Gasteiger partial charge in [0.2, 0.25) is 0 Å². The van der Waals surface area contributed by atoms with Gasteiger partial charge in [0.1, 0.15) is 6.04 Å². The van der Waals surface area contributed by atoms with Crippen molar-refractivity contribution >= 4 is 49.9 Å². The number of thiazole rings is 1. The minimum Gasteiger partial charge on any atom is -0.361 e. The predicted octanol–water partition coefficient (Wildman–Crippen LogP) is 1.54. The van der Waals surface area contributed by atoms with E-state index in [-0.39, 0.29) is 5.91 Å².